The van der Waals surface area contributed by atoms with E-state index in [-0.39, 0.29) is 5.54 Å². The highest BCUT2D eigenvalue weighted by molar-refractivity contribution is 8.12. The van der Waals surface area contributed by atoms with E-state index >= 15 is 0 Å². The lowest BCUT2D eigenvalue weighted by Crippen LogP contribution is -2.22. The fourth-order valence-electron chi connectivity index (χ4n) is 1.94. The van der Waals surface area contributed by atoms with Gasteiger partial charge in [0.15, 0.2) is 0 Å². The Morgan fingerprint density at radius 3 is 2.71 bits per heavy atom. The number of thioether (sulfide) groups is 1. The van der Waals surface area contributed by atoms with Crippen LogP contribution in [-0.4, -0.2) is 24.5 Å². The number of aliphatic imine (C=N–C) groups is 1. The zero-order valence-electron chi connectivity index (χ0n) is 10.1. The molecule has 0 bridgehead atoms. The highest BCUT2D eigenvalue weighted by atomic mass is 32.2. The highest BCUT2D eigenvalue weighted by Gasteiger charge is 2.32. The van der Waals surface area contributed by atoms with Crippen LogP contribution in [0.3, 0.4) is 0 Å². The molecule has 92 valence electrons. The van der Waals surface area contributed by atoms with Gasteiger partial charge in [-0.3, -0.25) is 4.99 Å². The summed E-state index contributed by atoms with van der Waals surface area (Å²) in [5.41, 5.74) is 8.60. The maximum absolute atomic E-state index is 5.47. The van der Waals surface area contributed by atoms with Crippen molar-refractivity contribution >= 4 is 17.3 Å². The molecule has 0 aromatic heterocycles. The molecule has 1 unspecified atom stereocenters. The van der Waals surface area contributed by atoms with E-state index in [1.165, 1.54) is 5.56 Å². The van der Waals surface area contributed by atoms with Gasteiger partial charge in [0.1, 0.15) is 12.4 Å². The van der Waals surface area contributed by atoms with Crippen molar-refractivity contribution in [2.24, 2.45) is 10.7 Å². The van der Waals surface area contributed by atoms with Gasteiger partial charge in [-0.05, 0) is 24.1 Å². The fourth-order valence-corrected chi connectivity index (χ4v) is 3.02. The molecule has 4 heteroatoms. The van der Waals surface area contributed by atoms with E-state index in [1.54, 1.807) is 11.8 Å². The number of ether oxygens (including phenoxy) is 1. The minimum absolute atomic E-state index is 0.0307. The van der Waals surface area contributed by atoms with Crippen LogP contribution in [-0.2, 0) is 5.54 Å². The third-order valence-electron chi connectivity index (χ3n) is 3.06. The van der Waals surface area contributed by atoms with Crippen LogP contribution < -0.4 is 10.5 Å². The minimum atomic E-state index is -0.0307. The van der Waals surface area contributed by atoms with Crippen molar-refractivity contribution in [3.05, 3.63) is 29.8 Å². The van der Waals surface area contributed by atoms with Crippen LogP contribution in [0.5, 0.6) is 5.75 Å². The molecule has 0 fully saturated rings. The summed E-state index contributed by atoms with van der Waals surface area (Å²) < 4.78 is 5.47. The van der Waals surface area contributed by atoms with Gasteiger partial charge in [0.2, 0.25) is 0 Å². The summed E-state index contributed by atoms with van der Waals surface area (Å²) in [4.78, 5) is 4.62. The summed E-state index contributed by atoms with van der Waals surface area (Å²) in [7, 11) is 0. The standard InChI is InChI=1S/C13H18N2OS/c1-2-13(9-17-10-15-13)11-3-5-12(6-4-11)16-8-7-14/h3-6,10H,2,7-9,14H2,1H3. The maximum Gasteiger partial charge on any atom is 0.119 e. The molecule has 1 aliphatic heterocycles. The SMILES string of the molecule is CCC1(c2ccc(OCCN)cc2)CSC=N1. The lowest BCUT2D eigenvalue weighted by molar-refractivity contribution is 0.328. The molecular formula is C13H18N2OS. The molecular weight excluding hydrogens is 232 g/mol. The van der Waals surface area contributed by atoms with Crippen LogP contribution in [0.15, 0.2) is 29.3 Å². The number of nitrogens with zero attached hydrogens (tertiary/aromatic N) is 1. The Morgan fingerprint density at radius 1 is 1.41 bits per heavy atom. The number of hydrogen-bond donors (Lipinski definition) is 1. The van der Waals surface area contributed by atoms with E-state index in [4.69, 9.17) is 10.5 Å². The van der Waals surface area contributed by atoms with Crippen LogP contribution in [0.2, 0.25) is 0 Å². The highest BCUT2D eigenvalue weighted by Crippen LogP contribution is 2.37. The van der Waals surface area contributed by atoms with Crippen LogP contribution >= 0.6 is 11.8 Å². The number of hydrogen-bond acceptors (Lipinski definition) is 4. The Hall–Kier alpha value is -1.00. The van der Waals surface area contributed by atoms with Crippen molar-refractivity contribution in [1.29, 1.82) is 0 Å². The zero-order chi connectivity index (χ0) is 12.1. The van der Waals surface area contributed by atoms with Gasteiger partial charge in [-0.25, -0.2) is 0 Å². The molecule has 0 spiro atoms. The number of benzene rings is 1. The molecule has 0 saturated heterocycles. The molecule has 2 rings (SSSR count). The third-order valence-corrected chi connectivity index (χ3v) is 3.96. The Labute approximate surface area is 106 Å². The average Bonchev–Trinajstić information content (AvgIpc) is 2.87. The smallest absolute Gasteiger partial charge is 0.119 e. The van der Waals surface area contributed by atoms with Crippen molar-refractivity contribution in [2.45, 2.75) is 18.9 Å². The third kappa shape index (κ3) is 2.64. The molecule has 0 saturated carbocycles. The summed E-state index contributed by atoms with van der Waals surface area (Å²) in [6.45, 7) is 3.29. The lowest BCUT2D eigenvalue weighted by Gasteiger charge is -2.24. The number of rotatable bonds is 5. The Morgan fingerprint density at radius 2 is 2.18 bits per heavy atom. The van der Waals surface area contributed by atoms with Gasteiger partial charge in [-0.15, -0.1) is 11.8 Å². The minimum Gasteiger partial charge on any atom is -0.492 e. The molecule has 1 aromatic carbocycles. The molecule has 17 heavy (non-hydrogen) atoms. The van der Waals surface area contributed by atoms with Gasteiger partial charge in [0.05, 0.1) is 11.1 Å². The molecule has 1 aliphatic rings. The Bertz CT molecular complexity index is 391. The molecule has 1 heterocycles. The second-order valence-electron chi connectivity index (χ2n) is 4.09. The normalized spacial score (nSPS) is 22.9. The van der Waals surface area contributed by atoms with Crippen LogP contribution in [0.4, 0.5) is 0 Å². The summed E-state index contributed by atoms with van der Waals surface area (Å²) in [6, 6.07) is 8.22. The van der Waals surface area contributed by atoms with E-state index < -0.39 is 0 Å². The molecule has 0 aliphatic carbocycles. The zero-order valence-corrected chi connectivity index (χ0v) is 10.9. The van der Waals surface area contributed by atoms with Gasteiger partial charge in [0, 0.05) is 12.3 Å². The van der Waals surface area contributed by atoms with Crippen LogP contribution in [0.25, 0.3) is 0 Å². The quantitative estimate of drug-likeness (QED) is 0.873. The maximum atomic E-state index is 5.47. The predicted octanol–water partition coefficient (Wildman–Crippen LogP) is 2.40. The van der Waals surface area contributed by atoms with Gasteiger partial charge >= 0.3 is 0 Å². The second kappa shape index (κ2) is 5.56. The van der Waals surface area contributed by atoms with Crippen molar-refractivity contribution < 1.29 is 4.74 Å². The van der Waals surface area contributed by atoms with E-state index in [2.05, 4.69) is 24.0 Å². The Balaban J connectivity index is 2.14. The lowest BCUT2D eigenvalue weighted by atomic mass is 9.90. The summed E-state index contributed by atoms with van der Waals surface area (Å²) in [5.74, 6) is 1.91. The predicted molar refractivity (Wildman–Crippen MR) is 73.9 cm³/mol. The monoisotopic (exact) mass is 250 g/mol. The van der Waals surface area contributed by atoms with Crippen molar-refractivity contribution in [2.75, 3.05) is 18.9 Å². The van der Waals surface area contributed by atoms with Crippen molar-refractivity contribution in [3.8, 4) is 5.75 Å². The summed E-state index contributed by atoms with van der Waals surface area (Å²) >= 11 is 1.78. The molecule has 0 radical (unpaired) electrons. The first-order valence-electron chi connectivity index (χ1n) is 5.89. The van der Waals surface area contributed by atoms with Gasteiger partial charge in [-0.1, -0.05) is 19.1 Å². The van der Waals surface area contributed by atoms with Crippen molar-refractivity contribution in [1.82, 2.24) is 0 Å². The first-order chi connectivity index (χ1) is 8.30. The Kier molecular flexibility index (Phi) is 4.07. The van der Waals surface area contributed by atoms with E-state index in [0.29, 0.717) is 13.2 Å². The molecule has 2 N–H and O–H groups in total. The second-order valence-corrected chi connectivity index (χ2v) is 4.92. The topological polar surface area (TPSA) is 47.6 Å². The molecule has 1 atom stereocenters. The van der Waals surface area contributed by atoms with E-state index in [0.717, 1.165) is 17.9 Å². The molecule has 0 amide bonds. The van der Waals surface area contributed by atoms with E-state index in [9.17, 15) is 0 Å². The summed E-state index contributed by atoms with van der Waals surface area (Å²) in [5, 5.41) is 0. The molecule has 1 aromatic rings. The van der Waals surface area contributed by atoms with E-state index in [1.807, 2.05) is 17.7 Å². The molecule has 3 nitrogen and oxygen atoms in total. The van der Waals surface area contributed by atoms with Gasteiger partial charge < -0.3 is 10.5 Å². The fraction of sp³-hybridized carbons (Fsp3) is 0.462. The first kappa shape index (κ1) is 12.5. The van der Waals surface area contributed by atoms with Crippen LogP contribution in [0.1, 0.15) is 18.9 Å². The van der Waals surface area contributed by atoms with Crippen LogP contribution in [0, 0.1) is 0 Å². The van der Waals surface area contributed by atoms with Crippen molar-refractivity contribution in [3.63, 3.8) is 0 Å². The first-order valence-corrected chi connectivity index (χ1v) is 6.94. The van der Waals surface area contributed by atoms with Gasteiger partial charge in [0.25, 0.3) is 0 Å². The summed E-state index contributed by atoms with van der Waals surface area (Å²) in [6.07, 6.45) is 1.03. The average molecular weight is 250 g/mol. The van der Waals surface area contributed by atoms with Gasteiger partial charge in [-0.2, -0.15) is 0 Å². The largest absolute Gasteiger partial charge is 0.492 e. The number of nitrogens with two attached hydrogens (primary N) is 1.